The van der Waals surface area contributed by atoms with Crippen molar-refractivity contribution in [3.05, 3.63) is 0 Å². The average molecular weight is 287 g/mol. The second-order valence-electron chi connectivity index (χ2n) is 6.43. The highest BCUT2D eigenvalue weighted by Crippen LogP contribution is 2.23. The van der Waals surface area contributed by atoms with Crippen LogP contribution in [0.2, 0.25) is 0 Å². The van der Waals surface area contributed by atoms with E-state index in [1.54, 1.807) is 13.8 Å². The van der Waals surface area contributed by atoms with E-state index in [-0.39, 0.29) is 12.3 Å². The zero-order chi connectivity index (χ0) is 15.8. The summed E-state index contributed by atoms with van der Waals surface area (Å²) in [5.41, 5.74) is -1.38. The monoisotopic (exact) mass is 287 g/mol. The molecular weight excluding hydrogens is 258 g/mol. The largest absolute Gasteiger partial charge is 0.481 e. The first-order chi connectivity index (χ1) is 9.10. The molecule has 5 nitrogen and oxygen atoms in total. The third-order valence-corrected chi connectivity index (χ3v) is 3.24. The molecule has 0 aromatic heterocycles. The molecule has 0 fully saturated rings. The van der Waals surface area contributed by atoms with Gasteiger partial charge in [0, 0.05) is 13.2 Å². The van der Waals surface area contributed by atoms with Crippen LogP contribution in [-0.4, -0.2) is 35.7 Å². The van der Waals surface area contributed by atoms with Crippen LogP contribution in [-0.2, 0) is 14.3 Å². The van der Waals surface area contributed by atoms with Crippen LogP contribution in [0.1, 0.15) is 60.3 Å². The first-order valence-electron chi connectivity index (χ1n) is 7.25. The predicted molar refractivity (Wildman–Crippen MR) is 78.6 cm³/mol. The van der Waals surface area contributed by atoms with E-state index in [0.29, 0.717) is 19.6 Å². The van der Waals surface area contributed by atoms with Crippen molar-refractivity contribution in [1.82, 2.24) is 5.32 Å². The van der Waals surface area contributed by atoms with Gasteiger partial charge in [0.05, 0.1) is 17.4 Å². The lowest BCUT2D eigenvalue weighted by Gasteiger charge is -2.27. The number of hydrogen-bond donors (Lipinski definition) is 2. The molecular formula is C15H29NO4. The molecule has 0 aromatic carbocycles. The molecule has 2 N–H and O–H groups in total. The molecule has 0 saturated carbocycles. The second kappa shape index (κ2) is 8.25. The minimum Gasteiger partial charge on any atom is -0.481 e. The van der Waals surface area contributed by atoms with Gasteiger partial charge < -0.3 is 15.2 Å². The van der Waals surface area contributed by atoms with Gasteiger partial charge in [0.2, 0.25) is 5.91 Å². The molecule has 0 radical (unpaired) electrons. The van der Waals surface area contributed by atoms with Gasteiger partial charge in [0.15, 0.2) is 0 Å². The molecule has 0 unspecified atom stereocenters. The Morgan fingerprint density at radius 1 is 1.20 bits per heavy atom. The smallest absolute Gasteiger partial charge is 0.309 e. The standard InChI is InChI=1S/C15H29NO4/c1-6-7-9-16-12(17)11-15(4,5)20-10-8-14(2,3)13(18)19/h6-11H2,1-5H3,(H,16,17)(H,18,19). The van der Waals surface area contributed by atoms with Crippen molar-refractivity contribution in [1.29, 1.82) is 0 Å². The Labute approximate surface area is 122 Å². The van der Waals surface area contributed by atoms with Gasteiger partial charge in [-0.15, -0.1) is 0 Å². The fourth-order valence-corrected chi connectivity index (χ4v) is 1.59. The van der Waals surface area contributed by atoms with E-state index in [9.17, 15) is 9.59 Å². The van der Waals surface area contributed by atoms with Crippen molar-refractivity contribution in [3.8, 4) is 0 Å². The minimum atomic E-state index is -0.837. The molecule has 5 heteroatoms. The molecule has 0 spiro atoms. The SMILES string of the molecule is CCCCNC(=O)CC(C)(C)OCCC(C)(C)C(=O)O. The number of carboxylic acids is 1. The van der Waals surface area contributed by atoms with Crippen LogP contribution >= 0.6 is 0 Å². The van der Waals surface area contributed by atoms with Crippen LogP contribution in [0.4, 0.5) is 0 Å². The highest BCUT2D eigenvalue weighted by atomic mass is 16.5. The zero-order valence-corrected chi connectivity index (χ0v) is 13.4. The van der Waals surface area contributed by atoms with E-state index in [2.05, 4.69) is 12.2 Å². The lowest BCUT2D eigenvalue weighted by atomic mass is 9.90. The molecule has 0 saturated heterocycles. The van der Waals surface area contributed by atoms with E-state index in [1.807, 2.05) is 13.8 Å². The van der Waals surface area contributed by atoms with Crippen molar-refractivity contribution >= 4 is 11.9 Å². The summed E-state index contributed by atoms with van der Waals surface area (Å²) in [6, 6.07) is 0. The van der Waals surface area contributed by atoms with Gasteiger partial charge >= 0.3 is 5.97 Å². The maximum atomic E-state index is 11.7. The minimum absolute atomic E-state index is 0.0269. The van der Waals surface area contributed by atoms with E-state index in [4.69, 9.17) is 9.84 Å². The van der Waals surface area contributed by atoms with Crippen LogP contribution in [0.5, 0.6) is 0 Å². The first kappa shape index (κ1) is 18.9. The van der Waals surface area contributed by atoms with Crippen LogP contribution < -0.4 is 5.32 Å². The van der Waals surface area contributed by atoms with Gasteiger partial charge in [-0.2, -0.15) is 0 Å². The summed E-state index contributed by atoms with van der Waals surface area (Å²) >= 11 is 0. The molecule has 118 valence electrons. The fourth-order valence-electron chi connectivity index (χ4n) is 1.59. The van der Waals surface area contributed by atoms with Crippen molar-refractivity contribution in [2.75, 3.05) is 13.2 Å². The average Bonchev–Trinajstić information content (AvgIpc) is 2.27. The summed E-state index contributed by atoms with van der Waals surface area (Å²) in [7, 11) is 0. The number of carboxylic acid groups (broad SMARTS) is 1. The van der Waals surface area contributed by atoms with Crippen LogP contribution in [0, 0.1) is 5.41 Å². The molecule has 0 rings (SSSR count). The quantitative estimate of drug-likeness (QED) is 0.606. The van der Waals surface area contributed by atoms with Gasteiger partial charge in [-0.3, -0.25) is 9.59 Å². The third kappa shape index (κ3) is 8.15. The topological polar surface area (TPSA) is 75.6 Å². The Kier molecular flexibility index (Phi) is 7.79. The van der Waals surface area contributed by atoms with Crippen LogP contribution in [0.25, 0.3) is 0 Å². The van der Waals surface area contributed by atoms with Gasteiger partial charge in [-0.1, -0.05) is 13.3 Å². The summed E-state index contributed by atoms with van der Waals surface area (Å²) in [6.45, 7) is 10.1. The highest BCUT2D eigenvalue weighted by molar-refractivity contribution is 5.76. The summed E-state index contributed by atoms with van der Waals surface area (Å²) in [5.74, 6) is -0.864. The van der Waals surface area contributed by atoms with Gasteiger partial charge in [0.25, 0.3) is 0 Å². The number of carbonyl (C=O) groups excluding carboxylic acids is 1. The van der Waals surface area contributed by atoms with E-state index in [1.165, 1.54) is 0 Å². The molecule has 1 amide bonds. The van der Waals surface area contributed by atoms with Crippen LogP contribution in [0.3, 0.4) is 0 Å². The summed E-state index contributed by atoms with van der Waals surface area (Å²) < 4.78 is 5.67. The lowest BCUT2D eigenvalue weighted by molar-refractivity contribution is -0.149. The maximum absolute atomic E-state index is 11.7. The number of amides is 1. The molecule has 0 atom stereocenters. The first-order valence-corrected chi connectivity index (χ1v) is 7.25. The van der Waals surface area contributed by atoms with Crippen molar-refractivity contribution in [3.63, 3.8) is 0 Å². The van der Waals surface area contributed by atoms with E-state index < -0.39 is 17.0 Å². The zero-order valence-electron chi connectivity index (χ0n) is 13.4. The highest BCUT2D eigenvalue weighted by Gasteiger charge is 2.29. The summed E-state index contributed by atoms with van der Waals surface area (Å²) in [4.78, 5) is 22.7. The number of ether oxygens (including phenoxy) is 1. The van der Waals surface area contributed by atoms with Gasteiger partial charge in [-0.05, 0) is 40.5 Å². The second-order valence-corrected chi connectivity index (χ2v) is 6.43. The molecule has 0 aromatic rings. The van der Waals surface area contributed by atoms with E-state index in [0.717, 1.165) is 12.8 Å². The molecule has 20 heavy (non-hydrogen) atoms. The van der Waals surface area contributed by atoms with Gasteiger partial charge in [-0.25, -0.2) is 0 Å². The summed E-state index contributed by atoms with van der Waals surface area (Å²) in [5, 5.41) is 11.9. The molecule has 0 bridgehead atoms. The molecule has 0 aliphatic rings. The Balaban J connectivity index is 4.06. The third-order valence-electron chi connectivity index (χ3n) is 3.24. The Morgan fingerprint density at radius 2 is 1.80 bits per heavy atom. The predicted octanol–water partition coefficient (Wildman–Crippen LogP) is 2.59. The van der Waals surface area contributed by atoms with Gasteiger partial charge in [0.1, 0.15) is 0 Å². The Hall–Kier alpha value is -1.10. The number of nitrogens with one attached hydrogen (secondary N) is 1. The number of unbranched alkanes of at least 4 members (excludes halogenated alkanes) is 1. The molecule has 0 heterocycles. The Morgan fingerprint density at radius 3 is 2.30 bits per heavy atom. The molecule has 0 aliphatic carbocycles. The number of aliphatic carboxylic acids is 1. The van der Waals surface area contributed by atoms with Crippen molar-refractivity contribution in [2.24, 2.45) is 5.41 Å². The van der Waals surface area contributed by atoms with Crippen molar-refractivity contribution in [2.45, 2.75) is 65.9 Å². The fraction of sp³-hybridized carbons (Fsp3) is 0.867. The Bertz CT molecular complexity index is 324. The van der Waals surface area contributed by atoms with E-state index >= 15 is 0 Å². The number of rotatable bonds is 10. The number of carbonyl (C=O) groups is 2. The normalized spacial score (nSPS) is 12.2. The van der Waals surface area contributed by atoms with Crippen molar-refractivity contribution < 1.29 is 19.4 Å². The number of hydrogen-bond acceptors (Lipinski definition) is 3. The van der Waals surface area contributed by atoms with Crippen LogP contribution in [0.15, 0.2) is 0 Å². The lowest BCUT2D eigenvalue weighted by Crippen LogP contribution is -2.36. The summed E-state index contributed by atoms with van der Waals surface area (Å²) in [6.07, 6.45) is 2.72. The molecule has 0 aliphatic heterocycles. The maximum Gasteiger partial charge on any atom is 0.309 e.